The molecule has 1 aromatic heterocycles. The Hall–Kier alpha value is -1.29. The Morgan fingerprint density at radius 2 is 2.13 bits per heavy atom. The molecule has 15 heavy (non-hydrogen) atoms. The molecular formula is C11H14O4. The van der Waals surface area contributed by atoms with Gasteiger partial charge in [0.2, 0.25) is 5.76 Å². The number of hydrogen-bond acceptors (Lipinski definition) is 3. The number of aromatic carboxylic acids is 1. The van der Waals surface area contributed by atoms with Crippen LogP contribution in [0.2, 0.25) is 0 Å². The van der Waals surface area contributed by atoms with Gasteiger partial charge in [-0.1, -0.05) is 0 Å². The Morgan fingerprint density at radius 3 is 2.67 bits per heavy atom. The van der Waals surface area contributed by atoms with Gasteiger partial charge in [0, 0.05) is 24.7 Å². The summed E-state index contributed by atoms with van der Waals surface area (Å²) in [6, 6.07) is 1.83. The molecule has 0 spiro atoms. The Bertz CT molecular complexity index is 361. The molecule has 4 nitrogen and oxygen atoms in total. The zero-order valence-electron chi connectivity index (χ0n) is 8.66. The first-order valence-electron chi connectivity index (χ1n) is 5.10. The molecule has 0 bridgehead atoms. The van der Waals surface area contributed by atoms with E-state index < -0.39 is 5.97 Å². The van der Waals surface area contributed by atoms with Gasteiger partial charge in [-0.05, 0) is 25.8 Å². The van der Waals surface area contributed by atoms with E-state index in [9.17, 15) is 4.79 Å². The van der Waals surface area contributed by atoms with Crippen LogP contribution < -0.4 is 0 Å². The molecule has 2 rings (SSSR count). The molecule has 82 valence electrons. The Labute approximate surface area is 87.8 Å². The predicted molar refractivity (Wildman–Crippen MR) is 53.2 cm³/mol. The molecule has 4 heteroatoms. The minimum atomic E-state index is -0.995. The van der Waals surface area contributed by atoms with Crippen LogP contribution in [0.5, 0.6) is 0 Å². The van der Waals surface area contributed by atoms with E-state index in [4.69, 9.17) is 14.3 Å². The second-order valence-electron chi connectivity index (χ2n) is 3.85. The lowest BCUT2D eigenvalue weighted by molar-refractivity contribution is 0.0647. The number of carbonyl (C=O) groups is 1. The summed E-state index contributed by atoms with van der Waals surface area (Å²) in [4.78, 5) is 10.8. The summed E-state index contributed by atoms with van der Waals surface area (Å²) in [7, 11) is 0. The first-order chi connectivity index (χ1) is 7.18. The minimum absolute atomic E-state index is 0.0662. The van der Waals surface area contributed by atoms with Crippen LogP contribution in [0.3, 0.4) is 0 Å². The Balaban J connectivity index is 2.21. The molecule has 1 aliphatic heterocycles. The van der Waals surface area contributed by atoms with Gasteiger partial charge in [-0.15, -0.1) is 0 Å². The fourth-order valence-corrected chi connectivity index (χ4v) is 1.90. The average molecular weight is 210 g/mol. The molecule has 1 N–H and O–H groups in total. The number of ether oxygens (including phenoxy) is 1. The van der Waals surface area contributed by atoms with E-state index in [-0.39, 0.29) is 5.76 Å². The number of hydrogen-bond donors (Lipinski definition) is 1. The Morgan fingerprint density at radius 1 is 1.47 bits per heavy atom. The zero-order chi connectivity index (χ0) is 10.8. The normalized spacial score (nSPS) is 17.9. The summed E-state index contributed by atoms with van der Waals surface area (Å²) >= 11 is 0. The molecule has 0 aromatic carbocycles. The van der Waals surface area contributed by atoms with Crippen molar-refractivity contribution >= 4 is 5.97 Å². The molecular weight excluding hydrogens is 196 g/mol. The highest BCUT2D eigenvalue weighted by Gasteiger charge is 2.22. The molecule has 0 radical (unpaired) electrons. The summed E-state index contributed by atoms with van der Waals surface area (Å²) in [6.45, 7) is 3.22. The highest BCUT2D eigenvalue weighted by molar-refractivity contribution is 5.86. The second-order valence-corrected chi connectivity index (χ2v) is 3.85. The number of furan rings is 1. The molecule has 0 atom stereocenters. The molecule has 2 heterocycles. The lowest BCUT2D eigenvalue weighted by atomic mass is 9.97. The van der Waals surface area contributed by atoms with Crippen LogP contribution in [0.15, 0.2) is 10.5 Å². The van der Waals surface area contributed by atoms with Crippen LogP contribution in [-0.2, 0) is 4.74 Å². The van der Waals surface area contributed by atoms with E-state index in [1.807, 2.05) is 6.07 Å². The molecule has 1 fully saturated rings. The van der Waals surface area contributed by atoms with Gasteiger partial charge in [-0.2, -0.15) is 0 Å². The fourth-order valence-electron chi connectivity index (χ4n) is 1.90. The van der Waals surface area contributed by atoms with Gasteiger partial charge in [0.15, 0.2) is 0 Å². The van der Waals surface area contributed by atoms with E-state index in [2.05, 4.69) is 0 Å². The summed E-state index contributed by atoms with van der Waals surface area (Å²) in [5.41, 5.74) is 0.698. The molecule has 0 aliphatic carbocycles. The third-order valence-corrected chi connectivity index (χ3v) is 2.75. The average Bonchev–Trinajstić information content (AvgIpc) is 2.62. The van der Waals surface area contributed by atoms with Crippen LogP contribution in [0, 0.1) is 6.92 Å². The maximum absolute atomic E-state index is 10.8. The van der Waals surface area contributed by atoms with Gasteiger partial charge in [0.25, 0.3) is 0 Å². The number of aryl methyl sites for hydroxylation is 1. The van der Waals surface area contributed by atoms with E-state index in [0.29, 0.717) is 11.5 Å². The van der Waals surface area contributed by atoms with Crippen molar-refractivity contribution in [3.05, 3.63) is 23.2 Å². The van der Waals surface area contributed by atoms with Gasteiger partial charge in [-0.3, -0.25) is 0 Å². The summed E-state index contributed by atoms with van der Waals surface area (Å²) in [5.74, 6) is 0.168. The van der Waals surface area contributed by atoms with Crippen molar-refractivity contribution in [2.24, 2.45) is 0 Å². The third kappa shape index (κ3) is 2.04. The van der Waals surface area contributed by atoms with Crippen molar-refractivity contribution < 1.29 is 19.1 Å². The van der Waals surface area contributed by atoms with Crippen LogP contribution >= 0.6 is 0 Å². The highest BCUT2D eigenvalue weighted by atomic mass is 16.5. The molecule has 1 aromatic rings. The van der Waals surface area contributed by atoms with Crippen molar-refractivity contribution in [2.45, 2.75) is 25.7 Å². The largest absolute Gasteiger partial charge is 0.475 e. The predicted octanol–water partition coefficient (Wildman–Crippen LogP) is 2.18. The summed E-state index contributed by atoms with van der Waals surface area (Å²) in [6.07, 6.45) is 1.82. The minimum Gasteiger partial charge on any atom is -0.475 e. The van der Waals surface area contributed by atoms with Crippen LogP contribution in [0.1, 0.15) is 40.6 Å². The quantitative estimate of drug-likeness (QED) is 0.812. The number of carboxylic acids is 1. The van der Waals surface area contributed by atoms with Gasteiger partial charge < -0.3 is 14.3 Å². The Kier molecular flexibility index (Phi) is 2.77. The molecule has 0 unspecified atom stereocenters. The fraction of sp³-hybridized carbons (Fsp3) is 0.545. The summed E-state index contributed by atoms with van der Waals surface area (Å²) < 4.78 is 10.6. The smallest absolute Gasteiger partial charge is 0.372 e. The van der Waals surface area contributed by atoms with Crippen molar-refractivity contribution in [3.63, 3.8) is 0 Å². The van der Waals surface area contributed by atoms with Crippen molar-refractivity contribution in [1.82, 2.24) is 0 Å². The van der Waals surface area contributed by atoms with Crippen molar-refractivity contribution in [3.8, 4) is 0 Å². The lowest BCUT2D eigenvalue weighted by Gasteiger charge is -2.19. The standard InChI is InChI=1S/C11H14O4/c1-7-6-9(15-10(7)11(12)13)8-2-4-14-5-3-8/h6,8H,2-5H2,1H3,(H,12,13). The van der Waals surface area contributed by atoms with E-state index in [0.717, 1.165) is 31.8 Å². The zero-order valence-corrected chi connectivity index (χ0v) is 8.66. The highest BCUT2D eigenvalue weighted by Crippen LogP contribution is 2.29. The number of carboxylic acid groups (broad SMARTS) is 1. The van der Waals surface area contributed by atoms with Gasteiger partial charge in [-0.25, -0.2) is 4.79 Å². The van der Waals surface area contributed by atoms with Gasteiger partial charge >= 0.3 is 5.97 Å². The van der Waals surface area contributed by atoms with Crippen LogP contribution in [0.25, 0.3) is 0 Å². The van der Waals surface area contributed by atoms with Crippen LogP contribution in [0.4, 0.5) is 0 Å². The molecule has 1 aliphatic rings. The SMILES string of the molecule is Cc1cc(C2CCOCC2)oc1C(=O)O. The van der Waals surface area contributed by atoms with E-state index >= 15 is 0 Å². The first kappa shape index (κ1) is 10.2. The van der Waals surface area contributed by atoms with Gasteiger partial charge in [0.05, 0.1) is 0 Å². The maximum Gasteiger partial charge on any atom is 0.372 e. The molecule has 0 amide bonds. The van der Waals surface area contributed by atoms with Crippen LogP contribution in [-0.4, -0.2) is 24.3 Å². The monoisotopic (exact) mass is 210 g/mol. The van der Waals surface area contributed by atoms with E-state index in [1.165, 1.54) is 0 Å². The van der Waals surface area contributed by atoms with Gasteiger partial charge in [0.1, 0.15) is 5.76 Å². The number of rotatable bonds is 2. The first-order valence-corrected chi connectivity index (χ1v) is 5.10. The maximum atomic E-state index is 10.8. The second kappa shape index (κ2) is 4.06. The third-order valence-electron chi connectivity index (χ3n) is 2.75. The van der Waals surface area contributed by atoms with Crippen molar-refractivity contribution in [1.29, 1.82) is 0 Å². The topological polar surface area (TPSA) is 59.7 Å². The molecule has 0 saturated carbocycles. The lowest BCUT2D eigenvalue weighted by Crippen LogP contribution is -2.13. The summed E-state index contributed by atoms with van der Waals surface area (Å²) in [5, 5.41) is 8.86. The molecule has 1 saturated heterocycles. The van der Waals surface area contributed by atoms with Crippen molar-refractivity contribution in [2.75, 3.05) is 13.2 Å². The van der Waals surface area contributed by atoms with E-state index in [1.54, 1.807) is 6.92 Å².